The lowest BCUT2D eigenvalue weighted by Gasteiger charge is -2.06. The largest absolute Gasteiger partial charge is 0.392 e. The van der Waals surface area contributed by atoms with Crippen LogP contribution in [0.5, 0.6) is 0 Å². The Balaban J connectivity index is 2.57. The van der Waals surface area contributed by atoms with Crippen molar-refractivity contribution in [1.82, 2.24) is 5.32 Å². The van der Waals surface area contributed by atoms with Crippen LogP contribution in [-0.2, 0) is 17.9 Å². The molecular weight excluding hydrogens is 209 g/mol. The topological polar surface area (TPSA) is 49.3 Å². The first-order chi connectivity index (χ1) is 7.67. The van der Waals surface area contributed by atoms with Crippen LogP contribution in [0.3, 0.4) is 0 Å². The maximum atomic E-state index is 13.0. The van der Waals surface area contributed by atoms with Gasteiger partial charge in [0.1, 0.15) is 5.82 Å². The molecule has 1 aromatic rings. The van der Waals surface area contributed by atoms with Crippen LogP contribution in [0.15, 0.2) is 18.2 Å². The smallest absolute Gasteiger partial charge is 0.220 e. The van der Waals surface area contributed by atoms with E-state index in [1.165, 1.54) is 6.07 Å². The molecule has 0 bridgehead atoms. The van der Waals surface area contributed by atoms with Crippen LogP contribution in [-0.4, -0.2) is 11.0 Å². The highest BCUT2D eigenvalue weighted by atomic mass is 19.1. The van der Waals surface area contributed by atoms with E-state index >= 15 is 0 Å². The number of nitrogens with one attached hydrogen (secondary N) is 1. The number of rotatable bonds is 5. The van der Waals surface area contributed by atoms with Crippen LogP contribution in [0.4, 0.5) is 4.39 Å². The molecule has 1 rings (SSSR count). The van der Waals surface area contributed by atoms with Gasteiger partial charge in [-0.3, -0.25) is 4.79 Å². The summed E-state index contributed by atoms with van der Waals surface area (Å²) in [6.07, 6.45) is 1.30. The van der Waals surface area contributed by atoms with Gasteiger partial charge in [-0.15, -0.1) is 0 Å². The van der Waals surface area contributed by atoms with Gasteiger partial charge in [0.25, 0.3) is 0 Å². The first kappa shape index (κ1) is 12.6. The number of carbonyl (C=O) groups excluding carboxylic acids is 1. The van der Waals surface area contributed by atoms with E-state index in [2.05, 4.69) is 5.32 Å². The van der Waals surface area contributed by atoms with Crippen molar-refractivity contribution < 1.29 is 14.3 Å². The molecule has 2 N–H and O–H groups in total. The van der Waals surface area contributed by atoms with Crippen LogP contribution < -0.4 is 5.32 Å². The van der Waals surface area contributed by atoms with Gasteiger partial charge >= 0.3 is 0 Å². The zero-order chi connectivity index (χ0) is 12.0. The lowest BCUT2D eigenvalue weighted by molar-refractivity contribution is -0.121. The van der Waals surface area contributed by atoms with Crippen molar-refractivity contribution in [2.75, 3.05) is 0 Å². The van der Waals surface area contributed by atoms with E-state index in [0.717, 1.165) is 12.0 Å². The summed E-state index contributed by atoms with van der Waals surface area (Å²) < 4.78 is 13.0. The maximum absolute atomic E-state index is 13.0. The molecular formula is C12H16FNO2. The van der Waals surface area contributed by atoms with E-state index in [1.807, 2.05) is 6.92 Å². The molecule has 0 saturated carbocycles. The number of hydrogen-bond acceptors (Lipinski definition) is 2. The SMILES string of the molecule is CCCC(=O)NCc1ccc(F)c(CO)c1. The number of hydrogen-bond donors (Lipinski definition) is 2. The van der Waals surface area contributed by atoms with Gasteiger partial charge in [-0.1, -0.05) is 13.0 Å². The first-order valence-electron chi connectivity index (χ1n) is 5.32. The molecule has 0 fully saturated rings. The third-order valence-electron chi connectivity index (χ3n) is 2.25. The van der Waals surface area contributed by atoms with Crippen LogP contribution >= 0.6 is 0 Å². The Morgan fingerprint density at radius 3 is 2.88 bits per heavy atom. The Kier molecular flexibility index (Phi) is 4.92. The highest BCUT2D eigenvalue weighted by molar-refractivity contribution is 5.75. The number of benzene rings is 1. The molecule has 0 saturated heterocycles. The zero-order valence-electron chi connectivity index (χ0n) is 9.29. The summed E-state index contributed by atoms with van der Waals surface area (Å²) >= 11 is 0. The predicted molar refractivity (Wildman–Crippen MR) is 59.1 cm³/mol. The number of aliphatic hydroxyl groups excluding tert-OH is 1. The first-order valence-corrected chi connectivity index (χ1v) is 5.32. The van der Waals surface area contributed by atoms with E-state index in [-0.39, 0.29) is 18.1 Å². The molecule has 0 spiro atoms. The molecule has 3 nitrogen and oxygen atoms in total. The van der Waals surface area contributed by atoms with Crippen LogP contribution in [0.2, 0.25) is 0 Å². The Hall–Kier alpha value is -1.42. The summed E-state index contributed by atoms with van der Waals surface area (Å²) in [6, 6.07) is 4.45. The van der Waals surface area contributed by atoms with E-state index in [0.29, 0.717) is 13.0 Å². The van der Waals surface area contributed by atoms with E-state index in [1.54, 1.807) is 12.1 Å². The maximum Gasteiger partial charge on any atom is 0.220 e. The molecule has 88 valence electrons. The molecule has 1 amide bonds. The summed E-state index contributed by atoms with van der Waals surface area (Å²) in [7, 11) is 0. The van der Waals surface area contributed by atoms with E-state index < -0.39 is 5.82 Å². The summed E-state index contributed by atoms with van der Waals surface area (Å²) in [5.74, 6) is -0.441. The monoisotopic (exact) mass is 225 g/mol. The number of aliphatic hydroxyl groups is 1. The zero-order valence-corrected chi connectivity index (χ0v) is 9.29. The van der Waals surface area contributed by atoms with Gasteiger partial charge in [0, 0.05) is 18.5 Å². The predicted octanol–water partition coefficient (Wildman–Crippen LogP) is 1.73. The van der Waals surface area contributed by atoms with Crippen LogP contribution in [0, 0.1) is 5.82 Å². The minimum atomic E-state index is -0.425. The van der Waals surface area contributed by atoms with Gasteiger partial charge in [0.15, 0.2) is 0 Å². The highest BCUT2D eigenvalue weighted by Crippen LogP contribution is 2.10. The fraction of sp³-hybridized carbons (Fsp3) is 0.417. The average Bonchev–Trinajstić information content (AvgIpc) is 2.28. The van der Waals surface area contributed by atoms with Crippen molar-refractivity contribution in [3.63, 3.8) is 0 Å². The number of halogens is 1. The average molecular weight is 225 g/mol. The standard InChI is InChI=1S/C12H16FNO2/c1-2-3-12(16)14-7-9-4-5-11(13)10(6-9)8-15/h4-6,15H,2-3,7-8H2,1H3,(H,14,16). The molecule has 0 aliphatic carbocycles. The minimum absolute atomic E-state index is 0.0163. The second kappa shape index (κ2) is 6.23. The molecule has 0 aliphatic heterocycles. The molecule has 0 atom stereocenters. The van der Waals surface area contributed by atoms with Gasteiger partial charge in [-0.2, -0.15) is 0 Å². The third kappa shape index (κ3) is 3.62. The Morgan fingerprint density at radius 2 is 2.25 bits per heavy atom. The van der Waals surface area contributed by atoms with Crippen molar-refractivity contribution in [1.29, 1.82) is 0 Å². The van der Waals surface area contributed by atoms with E-state index in [9.17, 15) is 9.18 Å². The molecule has 0 unspecified atom stereocenters. The van der Waals surface area contributed by atoms with Gasteiger partial charge < -0.3 is 10.4 Å². The lowest BCUT2D eigenvalue weighted by Crippen LogP contribution is -2.22. The summed E-state index contributed by atoms with van der Waals surface area (Å²) in [6.45, 7) is 1.97. The second-order valence-corrected chi connectivity index (χ2v) is 3.61. The Morgan fingerprint density at radius 1 is 1.50 bits per heavy atom. The van der Waals surface area contributed by atoms with Gasteiger partial charge in [0.2, 0.25) is 5.91 Å². The summed E-state index contributed by atoms with van der Waals surface area (Å²) in [4.78, 5) is 11.2. The molecule has 16 heavy (non-hydrogen) atoms. The van der Waals surface area contributed by atoms with Crippen molar-refractivity contribution in [2.45, 2.75) is 32.9 Å². The molecule has 1 aromatic carbocycles. The summed E-state index contributed by atoms with van der Waals surface area (Å²) in [5, 5.41) is 11.6. The Labute approximate surface area is 94.3 Å². The third-order valence-corrected chi connectivity index (χ3v) is 2.25. The van der Waals surface area contributed by atoms with Crippen molar-refractivity contribution in [3.05, 3.63) is 35.1 Å². The van der Waals surface area contributed by atoms with Crippen LogP contribution in [0.25, 0.3) is 0 Å². The molecule has 0 aromatic heterocycles. The molecule has 0 heterocycles. The fourth-order valence-corrected chi connectivity index (χ4v) is 1.38. The molecule has 4 heteroatoms. The normalized spacial score (nSPS) is 10.2. The van der Waals surface area contributed by atoms with Crippen molar-refractivity contribution in [2.24, 2.45) is 0 Å². The van der Waals surface area contributed by atoms with Crippen LogP contribution in [0.1, 0.15) is 30.9 Å². The van der Waals surface area contributed by atoms with Gasteiger partial charge in [-0.05, 0) is 24.1 Å². The van der Waals surface area contributed by atoms with Crippen molar-refractivity contribution >= 4 is 5.91 Å². The highest BCUT2D eigenvalue weighted by Gasteiger charge is 2.04. The molecule has 0 radical (unpaired) electrons. The summed E-state index contributed by atoms with van der Waals surface area (Å²) in [5.41, 5.74) is 1.04. The minimum Gasteiger partial charge on any atom is -0.392 e. The fourth-order valence-electron chi connectivity index (χ4n) is 1.38. The Bertz CT molecular complexity index is 366. The van der Waals surface area contributed by atoms with Crippen molar-refractivity contribution in [3.8, 4) is 0 Å². The quantitative estimate of drug-likeness (QED) is 0.801. The van der Waals surface area contributed by atoms with Gasteiger partial charge in [-0.25, -0.2) is 4.39 Å². The second-order valence-electron chi connectivity index (χ2n) is 3.61. The molecule has 0 aliphatic rings. The lowest BCUT2D eigenvalue weighted by atomic mass is 10.1. The van der Waals surface area contributed by atoms with Gasteiger partial charge in [0.05, 0.1) is 6.61 Å². The van der Waals surface area contributed by atoms with E-state index in [4.69, 9.17) is 5.11 Å². The number of carbonyl (C=O) groups is 1. The number of amides is 1.